The number of rotatable bonds is 10. The molecule has 2 unspecified atom stereocenters. The molecular formula is C15H33P. The van der Waals surface area contributed by atoms with Crippen LogP contribution in [0.2, 0.25) is 0 Å². The molecule has 98 valence electrons. The van der Waals surface area contributed by atoms with Gasteiger partial charge in [-0.15, -0.1) is 9.24 Å². The molecule has 0 spiro atoms. The molecule has 1 heteroatoms. The molecule has 0 nitrogen and oxygen atoms in total. The van der Waals surface area contributed by atoms with Gasteiger partial charge in [-0.1, -0.05) is 59.8 Å². The van der Waals surface area contributed by atoms with Crippen molar-refractivity contribution in [2.75, 3.05) is 0 Å². The molecule has 0 aromatic rings. The number of unbranched alkanes of at least 4 members (excludes halogenated alkanes) is 1. The zero-order chi connectivity index (χ0) is 12.4. The van der Waals surface area contributed by atoms with Crippen LogP contribution in [-0.2, 0) is 0 Å². The fourth-order valence-electron chi connectivity index (χ4n) is 2.98. The minimum absolute atomic E-state index is 0.536. The van der Waals surface area contributed by atoms with Gasteiger partial charge in [0.25, 0.3) is 0 Å². The first-order valence-electron chi connectivity index (χ1n) is 7.43. The van der Waals surface area contributed by atoms with Crippen LogP contribution in [0.15, 0.2) is 0 Å². The topological polar surface area (TPSA) is 0 Å². The van der Waals surface area contributed by atoms with Crippen molar-refractivity contribution < 1.29 is 0 Å². The molecule has 0 heterocycles. The van der Waals surface area contributed by atoms with Crippen molar-refractivity contribution in [3.8, 4) is 0 Å². The van der Waals surface area contributed by atoms with Crippen molar-refractivity contribution in [3.63, 3.8) is 0 Å². The summed E-state index contributed by atoms with van der Waals surface area (Å²) in [4.78, 5) is 0. The molecule has 0 aliphatic heterocycles. The predicted octanol–water partition coefficient (Wildman–Crippen LogP) is 5.81. The second kappa shape index (κ2) is 9.46. The Bertz CT molecular complexity index is 148. The van der Waals surface area contributed by atoms with Crippen molar-refractivity contribution >= 4 is 9.24 Å². The maximum absolute atomic E-state index is 3.24. The maximum Gasteiger partial charge on any atom is -0.0122 e. The van der Waals surface area contributed by atoms with E-state index in [-0.39, 0.29) is 0 Å². The molecule has 0 radical (unpaired) electrons. The van der Waals surface area contributed by atoms with Crippen molar-refractivity contribution in [2.24, 2.45) is 5.92 Å². The van der Waals surface area contributed by atoms with Crippen LogP contribution in [0.25, 0.3) is 0 Å². The third kappa shape index (κ3) is 5.67. The van der Waals surface area contributed by atoms with Crippen LogP contribution in [0.4, 0.5) is 0 Å². The van der Waals surface area contributed by atoms with E-state index in [1.165, 1.54) is 57.8 Å². The molecule has 0 amide bonds. The second-order valence-electron chi connectivity index (χ2n) is 5.36. The Kier molecular flexibility index (Phi) is 9.71. The Hall–Kier alpha value is 0.430. The van der Waals surface area contributed by atoms with Crippen LogP contribution in [0.5, 0.6) is 0 Å². The summed E-state index contributed by atoms with van der Waals surface area (Å²) in [5, 5.41) is 0.536. The molecule has 0 saturated heterocycles. The van der Waals surface area contributed by atoms with Crippen molar-refractivity contribution in [3.05, 3.63) is 0 Å². The van der Waals surface area contributed by atoms with Gasteiger partial charge in [0.1, 0.15) is 0 Å². The first-order valence-corrected chi connectivity index (χ1v) is 8.01. The third-order valence-electron chi connectivity index (χ3n) is 3.79. The molecule has 0 bridgehead atoms. The van der Waals surface area contributed by atoms with Gasteiger partial charge >= 0.3 is 0 Å². The minimum atomic E-state index is 0.536. The lowest BCUT2D eigenvalue weighted by atomic mass is 9.78. The van der Waals surface area contributed by atoms with Gasteiger partial charge in [-0.2, -0.15) is 0 Å². The van der Waals surface area contributed by atoms with Crippen molar-refractivity contribution in [1.29, 1.82) is 0 Å². The lowest BCUT2D eigenvalue weighted by Crippen LogP contribution is -2.31. The van der Waals surface area contributed by atoms with Gasteiger partial charge in [-0.3, -0.25) is 0 Å². The van der Waals surface area contributed by atoms with E-state index in [1.807, 2.05) is 0 Å². The standard InChI is InChI=1S/C15H33P/c1-5-9-11-14(10-6-2)15(16,12-7-3)13-8-4/h14H,5-13,16H2,1-4H3. The summed E-state index contributed by atoms with van der Waals surface area (Å²) in [6, 6.07) is 0. The zero-order valence-electron chi connectivity index (χ0n) is 12.0. The Labute approximate surface area is 106 Å². The summed E-state index contributed by atoms with van der Waals surface area (Å²) in [7, 11) is 3.24. The van der Waals surface area contributed by atoms with Gasteiger partial charge in [0.05, 0.1) is 0 Å². The summed E-state index contributed by atoms with van der Waals surface area (Å²) >= 11 is 0. The normalized spacial score (nSPS) is 14.1. The average Bonchev–Trinajstić information content (AvgIpc) is 2.24. The Morgan fingerprint density at radius 2 is 1.38 bits per heavy atom. The average molecular weight is 244 g/mol. The van der Waals surface area contributed by atoms with Crippen molar-refractivity contribution in [2.45, 2.75) is 90.6 Å². The highest BCUT2D eigenvalue weighted by molar-refractivity contribution is 7.19. The van der Waals surface area contributed by atoms with E-state index < -0.39 is 0 Å². The first kappa shape index (κ1) is 16.4. The maximum atomic E-state index is 3.24. The molecule has 0 aromatic carbocycles. The van der Waals surface area contributed by atoms with E-state index in [0.717, 1.165) is 5.92 Å². The fraction of sp³-hybridized carbons (Fsp3) is 1.00. The SMILES string of the molecule is CCCCC(CCC)C(P)(CCC)CCC. The third-order valence-corrected chi connectivity index (χ3v) is 4.84. The molecule has 0 fully saturated rings. The Morgan fingerprint density at radius 3 is 1.75 bits per heavy atom. The van der Waals surface area contributed by atoms with Gasteiger partial charge in [0.2, 0.25) is 0 Å². The lowest BCUT2D eigenvalue weighted by molar-refractivity contribution is 0.286. The smallest absolute Gasteiger partial charge is 0.0122 e. The summed E-state index contributed by atoms with van der Waals surface area (Å²) in [5.74, 6) is 0.933. The van der Waals surface area contributed by atoms with E-state index in [2.05, 4.69) is 36.9 Å². The molecule has 0 aliphatic carbocycles. The molecule has 2 atom stereocenters. The minimum Gasteiger partial charge on any atom is -0.131 e. The zero-order valence-corrected chi connectivity index (χ0v) is 13.2. The molecule has 0 rings (SSSR count). The highest BCUT2D eigenvalue weighted by Crippen LogP contribution is 2.42. The van der Waals surface area contributed by atoms with E-state index in [9.17, 15) is 0 Å². The predicted molar refractivity (Wildman–Crippen MR) is 80.2 cm³/mol. The molecule has 0 N–H and O–H groups in total. The lowest BCUT2D eigenvalue weighted by Gasteiger charge is -2.38. The monoisotopic (exact) mass is 244 g/mol. The van der Waals surface area contributed by atoms with Gasteiger partial charge in [0.15, 0.2) is 0 Å². The second-order valence-corrected chi connectivity index (χ2v) is 6.51. The molecule has 0 saturated carbocycles. The molecule has 16 heavy (non-hydrogen) atoms. The molecular weight excluding hydrogens is 211 g/mol. The van der Waals surface area contributed by atoms with Gasteiger partial charge < -0.3 is 0 Å². The summed E-state index contributed by atoms with van der Waals surface area (Å²) < 4.78 is 0. The van der Waals surface area contributed by atoms with Crippen molar-refractivity contribution in [1.82, 2.24) is 0 Å². The van der Waals surface area contributed by atoms with Crippen LogP contribution >= 0.6 is 9.24 Å². The molecule has 0 aromatic heterocycles. The quantitative estimate of drug-likeness (QED) is 0.426. The summed E-state index contributed by atoms with van der Waals surface area (Å²) in [5.41, 5.74) is 0. The highest BCUT2D eigenvalue weighted by Gasteiger charge is 2.31. The fourth-order valence-corrected chi connectivity index (χ4v) is 3.89. The highest BCUT2D eigenvalue weighted by atomic mass is 31.0. The largest absolute Gasteiger partial charge is 0.131 e. The van der Waals surface area contributed by atoms with Gasteiger partial charge in [-0.25, -0.2) is 0 Å². The summed E-state index contributed by atoms with van der Waals surface area (Å²) in [6.07, 6.45) is 12.4. The van der Waals surface area contributed by atoms with E-state index >= 15 is 0 Å². The van der Waals surface area contributed by atoms with Crippen LogP contribution in [0.1, 0.15) is 85.5 Å². The number of hydrogen-bond acceptors (Lipinski definition) is 0. The Balaban J connectivity index is 4.49. The van der Waals surface area contributed by atoms with Crippen LogP contribution in [0.3, 0.4) is 0 Å². The van der Waals surface area contributed by atoms with Crippen LogP contribution in [-0.4, -0.2) is 5.16 Å². The first-order chi connectivity index (χ1) is 7.64. The van der Waals surface area contributed by atoms with E-state index in [1.54, 1.807) is 0 Å². The summed E-state index contributed by atoms with van der Waals surface area (Å²) in [6.45, 7) is 9.31. The van der Waals surface area contributed by atoms with Crippen LogP contribution in [0, 0.1) is 5.92 Å². The van der Waals surface area contributed by atoms with Gasteiger partial charge in [0, 0.05) is 0 Å². The molecule has 0 aliphatic rings. The van der Waals surface area contributed by atoms with Gasteiger partial charge in [-0.05, 0) is 36.8 Å². The van der Waals surface area contributed by atoms with Crippen LogP contribution < -0.4 is 0 Å². The number of hydrogen-bond donors (Lipinski definition) is 0. The van der Waals surface area contributed by atoms with E-state index in [4.69, 9.17) is 0 Å². The van der Waals surface area contributed by atoms with E-state index in [0.29, 0.717) is 5.16 Å². The Morgan fingerprint density at radius 1 is 0.812 bits per heavy atom.